The van der Waals surface area contributed by atoms with E-state index in [0.29, 0.717) is 5.57 Å². The van der Waals surface area contributed by atoms with E-state index >= 15 is 0 Å². The molecule has 1 aliphatic rings. The number of carbonyl (C=O) groups excluding carboxylic acids is 2. The third kappa shape index (κ3) is 3.03. The van der Waals surface area contributed by atoms with Gasteiger partial charge in [-0.25, -0.2) is 9.59 Å². The van der Waals surface area contributed by atoms with Gasteiger partial charge >= 0.3 is 11.9 Å². The van der Waals surface area contributed by atoms with Crippen LogP contribution >= 0.6 is 0 Å². The summed E-state index contributed by atoms with van der Waals surface area (Å²) >= 11 is 0. The van der Waals surface area contributed by atoms with Gasteiger partial charge in [-0.05, 0) is 26.0 Å². The largest absolute Gasteiger partial charge is 0.462 e. The molecule has 0 spiro atoms. The van der Waals surface area contributed by atoms with E-state index < -0.39 is 11.9 Å². The molecule has 0 saturated carbocycles. The minimum absolute atomic E-state index is 0.0690. The first-order valence-electron chi connectivity index (χ1n) is 7.19. The summed E-state index contributed by atoms with van der Waals surface area (Å²) in [5.41, 5.74) is 2.15. The number of benzene rings is 1. The molecule has 0 saturated heterocycles. The Balaban J connectivity index is 2.61. The maximum Gasteiger partial charge on any atom is 0.346 e. The second-order valence-corrected chi connectivity index (χ2v) is 4.67. The van der Waals surface area contributed by atoms with Crippen molar-refractivity contribution in [1.29, 1.82) is 0 Å². The van der Waals surface area contributed by atoms with Crippen LogP contribution in [0, 0.1) is 0 Å². The number of ether oxygens (including phenoxy) is 2. The molecule has 1 aromatic rings. The molecule has 0 atom stereocenters. The molecule has 5 nitrogen and oxygen atoms in total. The lowest BCUT2D eigenvalue weighted by Gasteiger charge is -2.24. The number of carbonyl (C=O) groups is 2. The summed E-state index contributed by atoms with van der Waals surface area (Å²) in [7, 11) is 1.90. The van der Waals surface area contributed by atoms with Gasteiger partial charge in [0.15, 0.2) is 5.57 Å². The molecule has 0 radical (unpaired) electrons. The highest BCUT2D eigenvalue weighted by molar-refractivity contribution is 6.22. The van der Waals surface area contributed by atoms with Crippen molar-refractivity contribution in [3.8, 4) is 0 Å². The van der Waals surface area contributed by atoms with Crippen molar-refractivity contribution in [1.82, 2.24) is 0 Å². The van der Waals surface area contributed by atoms with Crippen LogP contribution in [0.3, 0.4) is 0 Å². The normalized spacial score (nSPS) is 12.7. The summed E-state index contributed by atoms with van der Waals surface area (Å²) in [5.74, 6) is -1.33. The number of fused-ring (bicyclic) bond motifs is 1. The zero-order chi connectivity index (χ0) is 16.1. The third-order valence-corrected chi connectivity index (χ3v) is 3.27. The van der Waals surface area contributed by atoms with Gasteiger partial charge in [-0.2, -0.15) is 0 Å². The Morgan fingerprint density at radius 1 is 1.05 bits per heavy atom. The highest BCUT2D eigenvalue weighted by atomic mass is 16.6. The van der Waals surface area contributed by atoms with Crippen molar-refractivity contribution in [3.63, 3.8) is 0 Å². The van der Waals surface area contributed by atoms with E-state index in [2.05, 4.69) is 0 Å². The van der Waals surface area contributed by atoms with Crippen LogP contribution in [0.4, 0.5) is 5.69 Å². The van der Waals surface area contributed by atoms with E-state index in [-0.39, 0.29) is 18.8 Å². The van der Waals surface area contributed by atoms with Crippen LogP contribution in [0.2, 0.25) is 0 Å². The molecule has 0 aliphatic carbocycles. The maximum atomic E-state index is 12.2. The zero-order valence-corrected chi connectivity index (χ0v) is 13.0. The fourth-order valence-electron chi connectivity index (χ4n) is 2.29. The molecular weight excluding hydrogens is 282 g/mol. The lowest BCUT2D eigenvalue weighted by Crippen LogP contribution is -2.22. The molecule has 22 heavy (non-hydrogen) atoms. The van der Waals surface area contributed by atoms with Gasteiger partial charge in [0, 0.05) is 30.1 Å². The Labute approximate surface area is 129 Å². The van der Waals surface area contributed by atoms with Crippen LogP contribution in [0.5, 0.6) is 0 Å². The summed E-state index contributed by atoms with van der Waals surface area (Å²) in [5, 5.41) is 0. The maximum absolute atomic E-state index is 12.2. The van der Waals surface area contributed by atoms with Crippen LogP contribution < -0.4 is 4.90 Å². The number of allylic oxidation sites excluding steroid dienone is 2. The lowest BCUT2D eigenvalue weighted by atomic mass is 9.95. The smallest absolute Gasteiger partial charge is 0.346 e. The molecule has 0 unspecified atom stereocenters. The van der Waals surface area contributed by atoms with Crippen molar-refractivity contribution in [2.75, 3.05) is 25.2 Å². The van der Waals surface area contributed by atoms with Crippen molar-refractivity contribution >= 4 is 23.2 Å². The van der Waals surface area contributed by atoms with E-state index in [1.54, 1.807) is 26.1 Å². The first-order valence-corrected chi connectivity index (χ1v) is 7.19. The Hall–Kier alpha value is -2.56. The average Bonchev–Trinajstić information content (AvgIpc) is 2.51. The monoisotopic (exact) mass is 301 g/mol. The van der Waals surface area contributed by atoms with E-state index in [1.165, 1.54) is 0 Å². The van der Waals surface area contributed by atoms with E-state index in [9.17, 15) is 9.59 Å². The highest BCUT2D eigenvalue weighted by Gasteiger charge is 2.28. The predicted octanol–water partition coefficient (Wildman–Crippen LogP) is 2.53. The van der Waals surface area contributed by atoms with Crippen LogP contribution in [0.1, 0.15) is 19.4 Å². The van der Waals surface area contributed by atoms with Gasteiger partial charge in [0.1, 0.15) is 0 Å². The molecule has 0 fully saturated rings. The third-order valence-electron chi connectivity index (χ3n) is 3.27. The summed E-state index contributed by atoms with van der Waals surface area (Å²) in [6.07, 6.45) is 3.53. The average molecular weight is 301 g/mol. The van der Waals surface area contributed by atoms with Gasteiger partial charge < -0.3 is 14.4 Å². The van der Waals surface area contributed by atoms with E-state index in [1.807, 2.05) is 36.2 Å². The number of nitrogens with zero attached hydrogens (tertiary/aromatic N) is 1. The number of anilines is 1. The quantitative estimate of drug-likeness (QED) is 0.370. The van der Waals surface area contributed by atoms with Gasteiger partial charge in [0.2, 0.25) is 0 Å². The number of rotatable bonds is 4. The second kappa shape index (κ2) is 6.93. The molecular formula is C17H19NO4. The van der Waals surface area contributed by atoms with E-state index in [0.717, 1.165) is 11.3 Å². The molecule has 0 bridgehead atoms. The molecule has 116 valence electrons. The molecule has 0 N–H and O–H groups in total. The Bertz CT molecular complexity index is 626. The molecule has 2 rings (SSSR count). The molecule has 5 heteroatoms. The highest BCUT2D eigenvalue weighted by Crippen LogP contribution is 2.34. The number of hydrogen-bond donors (Lipinski definition) is 0. The second-order valence-electron chi connectivity index (χ2n) is 4.67. The van der Waals surface area contributed by atoms with Gasteiger partial charge in [-0.15, -0.1) is 0 Å². The molecule has 1 heterocycles. The zero-order valence-electron chi connectivity index (χ0n) is 13.0. The van der Waals surface area contributed by atoms with Crippen LogP contribution in [0.25, 0.3) is 5.57 Å². The van der Waals surface area contributed by atoms with Crippen molar-refractivity contribution in [3.05, 3.63) is 47.7 Å². The Morgan fingerprint density at radius 2 is 1.64 bits per heavy atom. The summed E-state index contributed by atoms with van der Waals surface area (Å²) in [6.45, 7) is 3.79. The lowest BCUT2D eigenvalue weighted by molar-refractivity contribution is -0.146. The molecule has 1 aromatic carbocycles. The van der Waals surface area contributed by atoms with Crippen molar-refractivity contribution < 1.29 is 19.1 Å². The summed E-state index contributed by atoms with van der Waals surface area (Å²) in [4.78, 5) is 26.4. The van der Waals surface area contributed by atoms with Gasteiger partial charge in [-0.3, -0.25) is 0 Å². The molecule has 0 aromatic heterocycles. The molecule has 1 aliphatic heterocycles. The number of hydrogen-bond acceptors (Lipinski definition) is 5. The van der Waals surface area contributed by atoms with Crippen LogP contribution in [0.15, 0.2) is 42.1 Å². The van der Waals surface area contributed by atoms with Gasteiger partial charge in [0.25, 0.3) is 0 Å². The fourth-order valence-corrected chi connectivity index (χ4v) is 2.29. The minimum atomic E-state index is -0.667. The topological polar surface area (TPSA) is 55.8 Å². The fraction of sp³-hybridized carbons (Fsp3) is 0.294. The SMILES string of the molecule is CCOC(=O)C(C(=O)OCC)=C1C=CN(C)c2ccccc21. The van der Waals surface area contributed by atoms with E-state index in [4.69, 9.17) is 9.47 Å². The first-order chi connectivity index (χ1) is 10.6. The summed E-state index contributed by atoms with van der Waals surface area (Å²) < 4.78 is 10.0. The van der Waals surface area contributed by atoms with Crippen LogP contribution in [-0.2, 0) is 19.1 Å². The number of para-hydroxylation sites is 1. The summed E-state index contributed by atoms with van der Waals surface area (Å²) in [6, 6.07) is 7.55. The van der Waals surface area contributed by atoms with Gasteiger partial charge in [0.05, 0.1) is 13.2 Å². The Morgan fingerprint density at radius 3 is 2.23 bits per heavy atom. The van der Waals surface area contributed by atoms with Crippen molar-refractivity contribution in [2.24, 2.45) is 0 Å². The van der Waals surface area contributed by atoms with Gasteiger partial charge in [-0.1, -0.05) is 18.2 Å². The first kappa shape index (κ1) is 15.8. The molecule has 0 amide bonds. The van der Waals surface area contributed by atoms with Crippen molar-refractivity contribution in [2.45, 2.75) is 13.8 Å². The predicted molar refractivity (Wildman–Crippen MR) is 84.2 cm³/mol. The van der Waals surface area contributed by atoms with Crippen LogP contribution in [-0.4, -0.2) is 32.2 Å². The number of esters is 2. The Kier molecular flexibility index (Phi) is 4.99. The minimum Gasteiger partial charge on any atom is -0.462 e. The standard InChI is InChI=1S/C17H19NO4/c1-4-21-16(19)15(17(20)22-5-2)13-10-11-18(3)14-9-7-6-8-12(13)14/h6-11H,4-5H2,1-3H3.